The van der Waals surface area contributed by atoms with Gasteiger partial charge in [0.1, 0.15) is 0 Å². The molecule has 10 heavy (non-hydrogen) atoms. The number of nitriles is 1. The summed E-state index contributed by atoms with van der Waals surface area (Å²) in [5, 5.41) is 18.6. The second-order valence-corrected chi connectivity index (χ2v) is 1.95. The molecule has 0 N–H and O–H groups in total. The van der Waals surface area contributed by atoms with E-state index in [1.807, 2.05) is 6.07 Å². The van der Waals surface area contributed by atoms with Gasteiger partial charge < -0.3 is 5.11 Å². The molecule has 0 aromatic heterocycles. The van der Waals surface area contributed by atoms with Crippen LogP contribution in [-0.4, -0.2) is 0 Å². The second-order valence-electron chi connectivity index (χ2n) is 1.95. The van der Waals surface area contributed by atoms with Crippen LogP contribution in [0.1, 0.15) is 11.1 Å². The summed E-state index contributed by atoms with van der Waals surface area (Å²) in [5.41, 5.74) is 1.32. The van der Waals surface area contributed by atoms with Crippen LogP contribution >= 0.6 is 0 Å². The van der Waals surface area contributed by atoms with Gasteiger partial charge in [0.05, 0.1) is 11.6 Å². The molecule has 0 heterocycles. The lowest BCUT2D eigenvalue weighted by molar-refractivity contribution is -0.386. The number of hydrogen-bond donors (Lipinski definition) is 0. The molecule has 0 amide bonds. The molecule has 1 aromatic carbocycles. The summed E-state index contributed by atoms with van der Waals surface area (Å²) in [4.78, 5) is 0. The van der Waals surface area contributed by atoms with Crippen LogP contribution in [0.4, 0.5) is 0 Å². The first kappa shape index (κ1) is 6.79. The number of nitrogens with zero attached hydrogens (tertiary/aromatic N) is 1. The SMILES string of the molecule is N#Cc1ccc(C[O-])cc1. The minimum atomic E-state index is -0.217. The Morgan fingerprint density at radius 3 is 2.30 bits per heavy atom. The van der Waals surface area contributed by atoms with E-state index in [1.54, 1.807) is 24.3 Å². The number of rotatable bonds is 1. The molecule has 0 fully saturated rings. The van der Waals surface area contributed by atoms with Gasteiger partial charge in [0.2, 0.25) is 0 Å². The average Bonchev–Trinajstić information content (AvgIpc) is 2.05. The van der Waals surface area contributed by atoms with Crippen LogP contribution in [0.3, 0.4) is 0 Å². The zero-order valence-electron chi connectivity index (χ0n) is 5.37. The molecule has 0 saturated carbocycles. The normalized spacial score (nSPS) is 8.80. The molecule has 1 aromatic rings. The van der Waals surface area contributed by atoms with Crippen LogP contribution in [0.5, 0.6) is 0 Å². The van der Waals surface area contributed by atoms with Gasteiger partial charge in [0, 0.05) is 0 Å². The Balaban J connectivity index is 2.93. The first-order valence-corrected chi connectivity index (χ1v) is 2.94. The summed E-state index contributed by atoms with van der Waals surface area (Å²) >= 11 is 0. The van der Waals surface area contributed by atoms with Crippen molar-refractivity contribution in [3.05, 3.63) is 35.4 Å². The molecular weight excluding hydrogens is 126 g/mol. The Hall–Kier alpha value is -1.33. The summed E-state index contributed by atoms with van der Waals surface area (Å²) < 4.78 is 0. The summed E-state index contributed by atoms with van der Waals surface area (Å²) in [5.74, 6) is 0. The zero-order chi connectivity index (χ0) is 7.40. The molecule has 0 aliphatic heterocycles. The van der Waals surface area contributed by atoms with Crippen molar-refractivity contribution in [2.45, 2.75) is 6.61 Å². The molecule has 0 aliphatic rings. The fraction of sp³-hybridized carbons (Fsp3) is 0.125. The summed E-state index contributed by atoms with van der Waals surface area (Å²) in [6.45, 7) is -0.217. The van der Waals surface area contributed by atoms with E-state index in [0.717, 1.165) is 5.56 Å². The maximum Gasteiger partial charge on any atom is 0.0991 e. The van der Waals surface area contributed by atoms with Crippen molar-refractivity contribution in [3.63, 3.8) is 0 Å². The van der Waals surface area contributed by atoms with Gasteiger partial charge in [0.25, 0.3) is 0 Å². The average molecular weight is 132 g/mol. The topological polar surface area (TPSA) is 46.8 Å². The Morgan fingerprint density at radius 2 is 1.90 bits per heavy atom. The van der Waals surface area contributed by atoms with E-state index in [-0.39, 0.29) is 6.61 Å². The third-order valence-electron chi connectivity index (χ3n) is 1.25. The fourth-order valence-corrected chi connectivity index (χ4v) is 0.676. The van der Waals surface area contributed by atoms with E-state index in [9.17, 15) is 5.11 Å². The smallest absolute Gasteiger partial charge is 0.0991 e. The fourth-order valence-electron chi connectivity index (χ4n) is 0.676. The monoisotopic (exact) mass is 132 g/mol. The first-order chi connectivity index (χ1) is 4.86. The quantitative estimate of drug-likeness (QED) is 0.555. The lowest BCUT2D eigenvalue weighted by Gasteiger charge is -2.01. The maximum absolute atomic E-state index is 10.2. The lowest BCUT2D eigenvalue weighted by atomic mass is 10.2. The molecule has 0 aliphatic carbocycles. The second kappa shape index (κ2) is 3.00. The Morgan fingerprint density at radius 1 is 1.30 bits per heavy atom. The molecule has 0 atom stereocenters. The molecule has 1 rings (SSSR count). The van der Waals surface area contributed by atoms with Gasteiger partial charge in [-0.05, 0) is 12.1 Å². The Labute approximate surface area is 59.3 Å². The zero-order valence-corrected chi connectivity index (χ0v) is 5.37. The molecule has 2 nitrogen and oxygen atoms in total. The summed E-state index contributed by atoms with van der Waals surface area (Å²) in [6, 6.07) is 8.61. The van der Waals surface area contributed by atoms with Crippen LogP contribution in [0.15, 0.2) is 24.3 Å². The van der Waals surface area contributed by atoms with Gasteiger partial charge in [0.15, 0.2) is 0 Å². The van der Waals surface area contributed by atoms with Crippen molar-refractivity contribution in [3.8, 4) is 6.07 Å². The van der Waals surface area contributed by atoms with Crippen molar-refractivity contribution in [2.24, 2.45) is 0 Å². The van der Waals surface area contributed by atoms with Gasteiger partial charge in [-0.25, -0.2) is 0 Å². The molecule has 0 unspecified atom stereocenters. The van der Waals surface area contributed by atoms with Gasteiger partial charge in [-0.3, -0.25) is 0 Å². The largest absolute Gasteiger partial charge is 0.851 e. The number of benzene rings is 1. The van der Waals surface area contributed by atoms with Gasteiger partial charge in [-0.1, -0.05) is 17.7 Å². The van der Waals surface area contributed by atoms with E-state index in [2.05, 4.69) is 0 Å². The van der Waals surface area contributed by atoms with Crippen molar-refractivity contribution < 1.29 is 5.11 Å². The minimum Gasteiger partial charge on any atom is -0.851 e. The molecule has 0 saturated heterocycles. The molecule has 0 radical (unpaired) electrons. The highest BCUT2D eigenvalue weighted by Crippen LogP contribution is 2.00. The van der Waals surface area contributed by atoms with Crippen LogP contribution < -0.4 is 5.11 Å². The third kappa shape index (κ3) is 1.34. The number of hydrogen-bond acceptors (Lipinski definition) is 2. The van der Waals surface area contributed by atoms with E-state index in [1.165, 1.54) is 0 Å². The maximum atomic E-state index is 10.2. The third-order valence-corrected chi connectivity index (χ3v) is 1.25. The highest BCUT2D eigenvalue weighted by atomic mass is 16.3. The van der Waals surface area contributed by atoms with Crippen LogP contribution in [0.25, 0.3) is 0 Å². The van der Waals surface area contributed by atoms with E-state index < -0.39 is 0 Å². The predicted octanol–water partition coefficient (Wildman–Crippen LogP) is 0.419. The molecule has 50 valence electrons. The summed E-state index contributed by atoms with van der Waals surface area (Å²) in [6.07, 6.45) is 0. The van der Waals surface area contributed by atoms with Gasteiger partial charge in [-0.15, -0.1) is 6.61 Å². The van der Waals surface area contributed by atoms with E-state index in [4.69, 9.17) is 5.26 Å². The van der Waals surface area contributed by atoms with Crippen molar-refractivity contribution in [1.82, 2.24) is 0 Å². The van der Waals surface area contributed by atoms with Gasteiger partial charge in [-0.2, -0.15) is 5.26 Å². The van der Waals surface area contributed by atoms with Crippen molar-refractivity contribution >= 4 is 0 Å². The standard InChI is InChI=1S/C8H6NO/c9-5-7-1-3-8(6-10)4-2-7/h1-4H,6H2/q-1. The molecule has 2 heteroatoms. The first-order valence-electron chi connectivity index (χ1n) is 2.94. The Bertz CT molecular complexity index is 245. The highest BCUT2D eigenvalue weighted by molar-refractivity contribution is 5.31. The summed E-state index contributed by atoms with van der Waals surface area (Å²) in [7, 11) is 0. The highest BCUT2D eigenvalue weighted by Gasteiger charge is 1.86. The molecule has 0 bridgehead atoms. The predicted molar refractivity (Wildman–Crippen MR) is 34.9 cm³/mol. The van der Waals surface area contributed by atoms with Crippen LogP contribution in [-0.2, 0) is 6.61 Å². The van der Waals surface area contributed by atoms with Crippen LogP contribution in [0, 0.1) is 11.3 Å². The van der Waals surface area contributed by atoms with E-state index in [0.29, 0.717) is 5.56 Å². The van der Waals surface area contributed by atoms with Crippen LogP contribution in [0.2, 0.25) is 0 Å². The lowest BCUT2D eigenvalue weighted by Crippen LogP contribution is -2.01. The van der Waals surface area contributed by atoms with Crippen molar-refractivity contribution in [1.29, 1.82) is 5.26 Å². The molecule has 0 spiro atoms. The molecular formula is C8H6NO-. The van der Waals surface area contributed by atoms with Gasteiger partial charge >= 0.3 is 0 Å². The van der Waals surface area contributed by atoms with Crippen molar-refractivity contribution in [2.75, 3.05) is 0 Å². The minimum absolute atomic E-state index is 0.217. The van der Waals surface area contributed by atoms with E-state index >= 15 is 0 Å². The Kier molecular flexibility index (Phi) is 2.03.